The van der Waals surface area contributed by atoms with Crippen molar-refractivity contribution in [3.63, 3.8) is 0 Å². The smallest absolute Gasteiger partial charge is 0.138 e. The fourth-order valence-corrected chi connectivity index (χ4v) is 2.33. The molecule has 0 atom stereocenters. The Labute approximate surface area is 113 Å². The van der Waals surface area contributed by atoms with Crippen LogP contribution in [0.5, 0.6) is 0 Å². The zero-order valence-corrected chi connectivity index (χ0v) is 11.6. The Morgan fingerprint density at radius 3 is 2.78 bits per heavy atom. The summed E-state index contributed by atoms with van der Waals surface area (Å²) in [5.74, 6) is 0.725. The Balaban J connectivity index is 2.03. The summed E-state index contributed by atoms with van der Waals surface area (Å²) in [4.78, 5) is 4.55. The predicted molar refractivity (Wildman–Crippen MR) is 77.1 cm³/mol. The van der Waals surface area contributed by atoms with E-state index in [0.29, 0.717) is 5.02 Å². The molecule has 2 N–H and O–H groups in total. The molecule has 18 heavy (non-hydrogen) atoms. The third-order valence-corrected chi connectivity index (χ3v) is 3.44. The molecule has 0 aliphatic carbocycles. The van der Waals surface area contributed by atoms with Crippen LogP contribution in [0.1, 0.15) is 44.7 Å². The Bertz CT molecular complexity index is 519. The van der Waals surface area contributed by atoms with Gasteiger partial charge in [-0.15, -0.1) is 0 Å². The number of pyridine rings is 1. The molecule has 0 amide bonds. The minimum absolute atomic E-state index is 0.682. The average Bonchev–Trinajstić information content (AvgIpc) is 2.67. The first kappa shape index (κ1) is 13.2. The number of anilines is 1. The standard InChI is InChI=1S/C14H20ClN3/c1-2-3-4-5-6-7-12-14(16)18-10-11(15)8-9-13(18)17-12/h8-10H,2-7,16H2,1H3. The van der Waals surface area contributed by atoms with E-state index in [0.717, 1.165) is 30.0 Å². The molecule has 0 bridgehead atoms. The van der Waals surface area contributed by atoms with Gasteiger partial charge in [0.15, 0.2) is 0 Å². The number of rotatable bonds is 6. The third kappa shape index (κ3) is 2.96. The molecule has 4 heteroatoms. The molecule has 0 radical (unpaired) electrons. The maximum Gasteiger partial charge on any atom is 0.138 e. The number of unbranched alkanes of at least 4 members (excludes halogenated alkanes) is 4. The van der Waals surface area contributed by atoms with Gasteiger partial charge in [0, 0.05) is 6.20 Å². The molecule has 0 aliphatic heterocycles. The fraction of sp³-hybridized carbons (Fsp3) is 0.500. The first-order valence-corrected chi connectivity index (χ1v) is 7.02. The number of hydrogen-bond donors (Lipinski definition) is 1. The summed E-state index contributed by atoms with van der Waals surface area (Å²) in [7, 11) is 0. The van der Waals surface area contributed by atoms with Crippen LogP contribution in [0.4, 0.5) is 5.82 Å². The van der Waals surface area contributed by atoms with Crippen LogP contribution in [0, 0.1) is 0 Å². The van der Waals surface area contributed by atoms with Crippen LogP contribution in [0.3, 0.4) is 0 Å². The third-order valence-electron chi connectivity index (χ3n) is 3.21. The van der Waals surface area contributed by atoms with Crippen molar-refractivity contribution in [2.45, 2.75) is 45.4 Å². The van der Waals surface area contributed by atoms with E-state index < -0.39 is 0 Å². The topological polar surface area (TPSA) is 43.3 Å². The summed E-state index contributed by atoms with van der Waals surface area (Å²) in [6.45, 7) is 2.23. The molecule has 0 fully saturated rings. The molecule has 0 unspecified atom stereocenters. The maximum absolute atomic E-state index is 6.09. The molecule has 0 aliphatic rings. The van der Waals surface area contributed by atoms with Gasteiger partial charge < -0.3 is 5.73 Å². The van der Waals surface area contributed by atoms with E-state index in [1.54, 1.807) is 0 Å². The van der Waals surface area contributed by atoms with Crippen LogP contribution in [-0.4, -0.2) is 9.38 Å². The van der Waals surface area contributed by atoms with Crippen molar-refractivity contribution in [1.82, 2.24) is 9.38 Å². The molecular formula is C14H20ClN3. The van der Waals surface area contributed by atoms with Crippen LogP contribution in [0.2, 0.25) is 5.02 Å². The summed E-state index contributed by atoms with van der Waals surface area (Å²) in [5.41, 5.74) is 7.96. The van der Waals surface area contributed by atoms with E-state index in [1.165, 1.54) is 25.7 Å². The lowest BCUT2D eigenvalue weighted by atomic mass is 10.1. The minimum Gasteiger partial charge on any atom is -0.383 e. The van der Waals surface area contributed by atoms with Crippen molar-refractivity contribution in [2.75, 3.05) is 5.73 Å². The van der Waals surface area contributed by atoms with Gasteiger partial charge in [0.05, 0.1) is 10.7 Å². The number of halogens is 1. The van der Waals surface area contributed by atoms with Crippen LogP contribution < -0.4 is 5.73 Å². The number of imidazole rings is 1. The van der Waals surface area contributed by atoms with Crippen molar-refractivity contribution in [1.29, 1.82) is 0 Å². The summed E-state index contributed by atoms with van der Waals surface area (Å²) in [5, 5.41) is 0.682. The molecule has 0 aromatic carbocycles. The number of fused-ring (bicyclic) bond motifs is 1. The number of aromatic nitrogens is 2. The number of nitrogens with two attached hydrogens (primary N) is 1. The largest absolute Gasteiger partial charge is 0.383 e. The minimum atomic E-state index is 0.682. The lowest BCUT2D eigenvalue weighted by Gasteiger charge is -2.00. The number of aryl methyl sites for hydroxylation is 1. The Kier molecular flexibility index (Phi) is 4.48. The van der Waals surface area contributed by atoms with E-state index in [4.69, 9.17) is 17.3 Å². The van der Waals surface area contributed by atoms with Gasteiger partial charge in [0.25, 0.3) is 0 Å². The summed E-state index contributed by atoms with van der Waals surface area (Å²) < 4.78 is 1.86. The molecular weight excluding hydrogens is 246 g/mol. The highest BCUT2D eigenvalue weighted by molar-refractivity contribution is 6.30. The molecule has 2 aromatic heterocycles. The lowest BCUT2D eigenvalue weighted by molar-refractivity contribution is 0.629. The molecule has 0 spiro atoms. The van der Waals surface area contributed by atoms with Crippen LogP contribution in [0.25, 0.3) is 5.65 Å². The molecule has 2 aromatic rings. The molecule has 98 valence electrons. The molecule has 2 rings (SSSR count). The van der Waals surface area contributed by atoms with Gasteiger partial charge in [-0.05, 0) is 25.0 Å². The Morgan fingerprint density at radius 2 is 2.00 bits per heavy atom. The normalized spacial score (nSPS) is 11.2. The van der Waals surface area contributed by atoms with Crippen LogP contribution in [-0.2, 0) is 6.42 Å². The summed E-state index contributed by atoms with van der Waals surface area (Å²) in [6, 6.07) is 3.74. The Hall–Kier alpha value is -1.22. The number of nitrogens with zero attached hydrogens (tertiary/aromatic N) is 2. The van der Waals surface area contributed by atoms with Gasteiger partial charge in [0.2, 0.25) is 0 Å². The highest BCUT2D eigenvalue weighted by Crippen LogP contribution is 2.20. The van der Waals surface area contributed by atoms with E-state index in [-0.39, 0.29) is 0 Å². The quantitative estimate of drug-likeness (QED) is 0.800. The highest BCUT2D eigenvalue weighted by Gasteiger charge is 2.08. The molecule has 2 heterocycles. The van der Waals surface area contributed by atoms with Crippen molar-refractivity contribution >= 4 is 23.1 Å². The number of hydrogen-bond acceptors (Lipinski definition) is 2. The van der Waals surface area contributed by atoms with E-state index in [1.807, 2.05) is 22.7 Å². The predicted octanol–water partition coefficient (Wildman–Crippen LogP) is 4.08. The van der Waals surface area contributed by atoms with Gasteiger partial charge >= 0.3 is 0 Å². The first-order chi connectivity index (χ1) is 8.72. The molecule has 0 saturated carbocycles. The number of nitrogen functional groups attached to an aromatic ring is 1. The monoisotopic (exact) mass is 265 g/mol. The van der Waals surface area contributed by atoms with E-state index in [2.05, 4.69) is 11.9 Å². The zero-order valence-electron chi connectivity index (χ0n) is 10.8. The second-order valence-corrected chi connectivity index (χ2v) is 5.12. The van der Waals surface area contributed by atoms with Crippen molar-refractivity contribution < 1.29 is 0 Å². The van der Waals surface area contributed by atoms with Gasteiger partial charge in [-0.1, -0.05) is 44.2 Å². The van der Waals surface area contributed by atoms with Gasteiger partial charge in [-0.2, -0.15) is 0 Å². The lowest BCUT2D eigenvalue weighted by Crippen LogP contribution is -1.96. The summed E-state index contributed by atoms with van der Waals surface area (Å²) >= 11 is 5.96. The SMILES string of the molecule is CCCCCCCc1nc2ccc(Cl)cn2c1N. The summed E-state index contributed by atoms with van der Waals surface area (Å²) in [6.07, 6.45) is 9.07. The van der Waals surface area contributed by atoms with Crippen molar-refractivity contribution in [2.24, 2.45) is 0 Å². The van der Waals surface area contributed by atoms with E-state index >= 15 is 0 Å². The van der Waals surface area contributed by atoms with Crippen LogP contribution >= 0.6 is 11.6 Å². The molecule has 3 nitrogen and oxygen atoms in total. The van der Waals surface area contributed by atoms with Gasteiger partial charge in [-0.25, -0.2) is 4.98 Å². The van der Waals surface area contributed by atoms with Crippen molar-refractivity contribution in [3.8, 4) is 0 Å². The first-order valence-electron chi connectivity index (χ1n) is 6.64. The molecule has 0 saturated heterocycles. The fourth-order valence-electron chi connectivity index (χ4n) is 2.17. The maximum atomic E-state index is 6.09. The van der Waals surface area contributed by atoms with Gasteiger partial charge in [0.1, 0.15) is 11.5 Å². The van der Waals surface area contributed by atoms with Crippen molar-refractivity contribution in [3.05, 3.63) is 29.0 Å². The Morgan fingerprint density at radius 1 is 1.22 bits per heavy atom. The zero-order chi connectivity index (χ0) is 13.0. The second-order valence-electron chi connectivity index (χ2n) is 4.68. The van der Waals surface area contributed by atoms with Gasteiger partial charge in [-0.3, -0.25) is 4.40 Å². The second kappa shape index (κ2) is 6.10. The van der Waals surface area contributed by atoms with E-state index in [9.17, 15) is 0 Å². The average molecular weight is 266 g/mol. The van der Waals surface area contributed by atoms with Crippen LogP contribution in [0.15, 0.2) is 18.3 Å². The highest BCUT2D eigenvalue weighted by atomic mass is 35.5.